The van der Waals surface area contributed by atoms with Crippen molar-refractivity contribution in [3.8, 4) is 0 Å². The molecule has 0 N–H and O–H groups in total. The molecule has 0 aliphatic carbocycles. The molecule has 2 aliphatic rings. The second kappa shape index (κ2) is 9.35. The molecule has 0 spiro atoms. The van der Waals surface area contributed by atoms with Crippen molar-refractivity contribution in [2.45, 2.75) is 11.8 Å². The topological polar surface area (TPSA) is 116 Å². The maximum absolute atomic E-state index is 12.9. The number of likely N-dealkylation sites (N-methyl/N-ethyl adjacent to an activating group) is 1. The second-order valence-corrected chi connectivity index (χ2v) is 9.75. The molecule has 11 nitrogen and oxygen atoms in total. The first-order valence-electron chi connectivity index (χ1n) is 10.7. The maximum atomic E-state index is 12.9. The van der Waals surface area contributed by atoms with E-state index in [4.69, 9.17) is 0 Å². The predicted octanol–water partition coefficient (Wildman–Crippen LogP) is 1.04. The molecule has 2 fully saturated rings. The average Bonchev–Trinajstić information content (AvgIpc) is 2.84. The zero-order chi connectivity index (χ0) is 22.7. The molecule has 2 aromatic rings. The minimum absolute atomic E-state index is 0.0591. The predicted molar refractivity (Wildman–Crippen MR) is 120 cm³/mol. The molecule has 2 saturated heterocycles. The number of aromatic nitrogens is 2. The van der Waals surface area contributed by atoms with Crippen LogP contribution in [0.4, 0.5) is 17.3 Å². The van der Waals surface area contributed by atoms with Gasteiger partial charge in [0, 0.05) is 64.5 Å². The minimum atomic E-state index is -3.70. The van der Waals surface area contributed by atoms with E-state index in [1.54, 1.807) is 0 Å². The van der Waals surface area contributed by atoms with E-state index in [1.165, 1.54) is 28.6 Å². The average molecular weight is 462 g/mol. The Bertz CT molecular complexity index is 1030. The molecule has 0 atom stereocenters. The number of anilines is 2. The molecule has 3 heterocycles. The molecule has 1 aromatic heterocycles. The first-order valence-corrected chi connectivity index (χ1v) is 12.1. The number of hydrogen-bond donors (Lipinski definition) is 0. The fourth-order valence-corrected chi connectivity index (χ4v) is 5.42. The lowest BCUT2D eigenvalue weighted by Crippen LogP contribution is -2.49. The van der Waals surface area contributed by atoms with Gasteiger partial charge >= 0.3 is 0 Å². The highest BCUT2D eigenvalue weighted by Crippen LogP contribution is 2.23. The van der Waals surface area contributed by atoms with Gasteiger partial charge in [0.15, 0.2) is 11.6 Å². The van der Waals surface area contributed by atoms with Crippen LogP contribution in [0.25, 0.3) is 0 Å². The molecule has 0 radical (unpaired) electrons. The summed E-state index contributed by atoms with van der Waals surface area (Å²) in [5.74, 6) is 1.59. The van der Waals surface area contributed by atoms with Crippen LogP contribution in [-0.4, -0.2) is 91.6 Å². The highest BCUT2D eigenvalue weighted by molar-refractivity contribution is 7.89. The summed E-state index contributed by atoms with van der Waals surface area (Å²) in [6, 6.07) is 8.90. The zero-order valence-corrected chi connectivity index (χ0v) is 18.8. The number of sulfonamides is 1. The molecule has 1 aromatic carbocycles. The summed E-state index contributed by atoms with van der Waals surface area (Å²) in [6.45, 7) is 8.73. The summed E-state index contributed by atoms with van der Waals surface area (Å²) in [4.78, 5) is 17.0. The van der Waals surface area contributed by atoms with Crippen LogP contribution in [0, 0.1) is 10.1 Å². The molecule has 4 rings (SSSR count). The van der Waals surface area contributed by atoms with E-state index in [9.17, 15) is 18.5 Å². The van der Waals surface area contributed by atoms with E-state index in [0.717, 1.165) is 44.4 Å². The Balaban J connectivity index is 1.35. The van der Waals surface area contributed by atoms with Crippen molar-refractivity contribution >= 4 is 27.3 Å². The second-order valence-electron chi connectivity index (χ2n) is 7.81. The molecule has 0 amide bonds. The van der Waals surface area contributed by atoms with Gasteiger partial charge < -0.3 is 14.7 Å². The van der Waals surface area contributed by atoms with Gasteiger partial charge in [-0.15, -0.1) is 10.2 Å². The Kier molecular flexibility index (Phi) is 6.53. The number of piperazine rings is 2. The third-order valence-corrected chi connectivity index (χ3v) is 7.94. The highest BCUT2D eigenvalue weighted by Gasteiger charge is 2.29. The Morgan fingerprint density at radius 1 is 0.844 bits per heavy atom. The van der Waals surface area contributed by atoms with Crippen molar-refractivity contribution in [2.75, 3.05) is 68.7 Å². The summed E-state index contributed by atoms with van der Waals surface area (Å²) >= 11 is 0. The summed E-state index contributed by atoms with van der Waals surface area (Å²) in [5.41, 5.74) is -0.136. The number of rotatable bonds is 6. The Morgan fingerprint density at radius 3 is 1.78 bits per heavy atom. The standard InChI is InChI=1S/C20H27N7O4S/c1-2-23-9-11-24(12-10-23)19-7-8-20(22-21-19)25-13-15-26(16-14-25)32(30,31)18-5-3-17(4-6-18)27(28)29/h3-8H,2,9-16H2,1H3. The van der Waals surface area contributed by atoms with Crippen LogP contribution in [0.5, 0.6) is 0 Å². The van der Waals surface area contributed by atoms with Crippen molar-refractivity contribution in [3.05, 3.63) is 46.5 Å². The van der Waals surface area contributed by atoms with E-state index in [-0.39, 0.29) is 10.6 Å². The van der Waals surface area contributed by atoms with Crippen LogP contribution in [0.15, 0.2) is 41.3 Å². The van der Waals surface area contributed by atoms with E-state index in [0.29, 0.717) is 26.2 Å². The smallest absolute Gasteiger partial charge is 0.269 e. The lowest BCUT2D eigenvalue weighted by molar-refractivity contribution is -0.384. The van der Waals surface area contributed by atoms with Gasteiger partial charge in [-0.3, -0.25) is 10.1 Å². The maximum Gasteiger partial charge on any atom is 0.269 e. The molecule has 172 valence electrons. The van der Waals surface area contributed by atoms with Crippen molar-refractivity contribution in [1.29, 1.82) is 0 Å². The third-order valence-electron chi connectivity index (χ3n) is 6.03. The molecule has 2 aliphatic heterocycles. The Hall–Kier alpha value is -2.83. The van der Waals surface area contributed by atoms with Gasteiger partial charge in [0.25, 0.3) is 5.69 Å². The number of hydrogen-bond acceptors (Lipinski definition) is 9. The van der Waals surface area contributed by atoms with Gasteiger partial charge in [-0.2, -0.15) is 4.31 Å². The SMILES string of the molecule is CCN1CCN(c2ccc(N3CCN(S(=O)(=O)c4ccc([N+](=O)[O-])cc4)CC3)nn2)CC1. The summed E-state index contributed by atoms with van der Waals surface area (Å²) in [5, 5.41) is 19.6. The monoisotopic (exact) mass is 461 g/mol. The van der Waals surface area contributed by atoms with Crippen molar-refractivity contribution in [3.63, 3.8) is 0 Å². The molecule has 12 heteroatoms. The largest absolute Gasteiger partial charge is 0.353 e. The quantitative estimate of drug-likeness (QED) is 0.459. The van der Waals surface area contributed by atoms with E-state index < -0.39 is 14.9 Å². The fraction of sp³-hybridized carbons (Fsp3) is 0.500. The molecule has 0 unspecified atom stereocenters. The van der Waals surface area contributed by atoms with Gasteiger partial charge in [0.2, 0.25) is 10.0 Å². The van der Waals surface area contributed by atoms with Crippen molar-refractivity contribution in [2.24, 2.45) is 0 Å². The van der Waals surface area contributed by atoms with Gasteiger partial charge in [-0.1, -0.05) is 6.92 Å². The van der Waals surface area contributed by atoms with E-state index >= 15 is 0 Å². The normalized spacial score (nSPS) is 18.7. The lowest BCUT2D eigenvalue weighted by atomic mass is 10.3. The van der Waals surface area contributed by atoms with Crippen molar-refractivity contribution < 1.29 is 13.3 Å². The first-order chi connectivity index (χ1) is 15.4. The fourth-order valence-electron chi connectivity index (χ4n) is 4.00. The van der Waals surface area contributed by atoms with Crippen LogP contribution >= 0.6 is 0 Å². The lowest BCUT2D eigenvalue weighted by Gasteiger charge is -2.35. The highest BCUT2D eigenvalue weighted by atomic mass is 32.2. The van der Waals surface area contributed by atoms with Crippen LogP contribution in [-0.2, 0) is 10.0 Å². The molecule has 32 heavy (non-hydrogen) atoms. The van der Waals surface area contributed by atoms with Gasteiger partial charge in [-0.05, 0) is 30.8 Å². The molecule has 0 bridgehead atoms. The molecule has 0 saturated carbocycles. The number of non-ortho nitro benzene ring substituents is 1. The van der Waals surface area contributed by atoms with E-state index in [1.807, 2.05) is 17.0 Å². The summed E-state index contributed by atoms with van der Waals surface area (Å²) < 4.78 is 27.2. The van der Waals surface area contributed by atoms with Crippen LogP contribution < -0.4 is 9.80 Å². The summed E-state index contributed by atoms with van der Waals surface area (Å²) in [7, 11) is -3.70. The minimum Gasteiger partial charge on any atom is -0.353 e. The van der Waals surface area contributed by atoms with Crippen LogP contribution in [0.3, 0.4) is 0 Å². The Labute approximate surface area is 187 Å². The van der Waals surface area contributed by atoms with Gasteiger partial charge in [0.05, 0.1) is 9.82 Å². The van der Waals surface area contributed by atoms with Crippen LogP contribution in [0.2, 0.25) is 0 Å². The first kappa shape index (κ1) is 22.4. The number of benzene rings is 1. The molecular formula is C20H27N7O4S. The van der Waals surface area contributed by atoms with Crippen molar-refractivity contribution in [1.82, 2.24) is 19.4 Å². The number of nitro benzene ring substituents is 1. The Morgan fingerprint density at radius 2 is 1.34 bits per heavy atom. The molecular weight excluding hydrogens is 434 g/mol. The summed E-state index contributed by atoms with van der Waals surface area (Å²) in [6.07, 6.45) is 0. The van der Waals surface area contributed by atoms with Crippen LogP contribution in [0.1, 0.15) is 6.92 Å². The van der Waals surface area contributed by atoms with Gasteiger partial charge in [0.1, 0.15) is 0 Å². The third kappa shape index (κ3) is 4.66. The number of nitrogens with zero attached hydrogens (tertiary/aromatic N) is 7. The van der Waals surface area contributed by atoms with E-state index in [2.05, 4.69) is 26.9 Å². The zero-order valence-electron chi connectivity index (χ0n) is 18.0. The number of nitro groups is 1. The van der Waals surface area contributed by atoms with Gasteiger partial charge in [-0.25, -0.2) is 8.42 Å².